The minimum absolute atomic E-state index is 0.151. The number of imide groups is 1. The van der Waals surface area contributed by atoms with Gasteiger partial charge in [-0.2, -0.15) is 5.26 Å². The molecule has 2 amide bonds. The van der Waals surface area contributed by atoms with E-state index in [9.17, 15) is 9.59 Å². The van der Waals surface area contributed by atoms with E-state index < -0.39 is 0 Å². The van der Waals surface area contributed by atoms with Gasteiger partial charge in [-0.25, -0.2) is 0 Å². The first kappa shape index (κ1) is 10.7. The maximum Gasteiger partial charge on any atom is 0.229 e. The van der Waals surface area contributed by atoms with E-state index in [1.807, 2.05) is 19.9 Å². The van der Waals surface area contributed by atoms with Crippen LogP contribution in [0.3, 0.4) is 0 Å². The summed E-state index contributed by atoms with van der Waals surface area (Å²) >= 11 is 0. The molecule has 0 bridgehead atoms. The number of piperidine rings is 1. The second kappa shape index (κ2) is 3.79. The molecule has 0 radical (unpaired) electrons. The van der Waals surface area contributed by atoms with Gasteiger partial charge in [-0.15, -0.1) is 0 Å². The predicted molar refractivity (Wildman–Crippen MR) is 50.0 cm³/mol. The van der Waals surface area contributed by atoms with Crippen molar-refractivity contribution >= 4 is 11.8 Å². The van der Waals surface area contributed by atoms with Crippen LogP contribution < -0.4 is 0 Å². The summed E-state index contributed by atoms with van der Waals surface area (Å²) < 4.78 is 0. The van der Waals surface area contributed by atoms with Crippen LogP contribution in [0.15, 0.2) is 0 Å². The zero-order chi connectivity index (χ0) is 10.8. The number of carbonyl (C=O) groups excluding carboxylic acids is 2. The van der Waals surface area contributed by atoms with Gasteiger partial charge in [-0.1, -0.05) is 13.8 Å². The molecule has 1 saturated heterocycles. The van der Waals surface area contributed by atoms with Crippen LogP contribution in [0.2, 0.25) is 0 Å². The van der Waals surface area contributed by atoms with Crippen molar-refractivity contribution in [2.24, 2.45) is 5.41 Å². The van der Waals surface area contributed by atoms with Gasteiger partial charge in [0.15, 0.2) is 0 Å². The van der Waals surface area contributed by atoms with Gasteiger partial charge in [0, 0.05) is 19.4 Å². The zero-order valence-electron chi connectivity index (χ0n) is 8.54. The lowest BCUT2D eigenvalue weighted by molar-refractivity contribution is -0.152. The van der Waals surface area contributed by atoms with Crippen molar-refractivity contribution in [3.05, 3.63) is 0 Å². The third-order valence-electron chi connectivity index (χ3n) is 2.31. The molecular weight excluding hydrogens is 180 g/mol. The summed E-state index contributed by atoms with van der Waals surface area (Å²) in [5.74, 6) is -0.303. The summed E-state index contributed by atoms with van der Waals surface area (Å²) in [7, 11) is 0. The highest BCUT2D eigenvalue weighted by molar-refractivity contribution is 5.98. The average molecular weight is 194 g/mol. The zero-order valence-corrected chi connectivity index (χ0v) is 8.54. The summed E-state index contributed by atoms with van der Waals surface area (Å²) in [6.45, 7) is 4.05. The summed E-state index contributed by atoms with van der Waals surface area (Å²) in [5.41, 5.74) is -0.225. The summed E-state index contributed by atoms with van der Waals surface area (Å²) in [6.07, 6.45) is 1.01. The second-order valence-electron chi connectivity index (χ2n) is 4.36. The lowest BCUT2D eigenvalue weighted by atomic mass is 9.82. The fourth-order valence-corrected chi connectivity index (χ4v) is 1.62. The molecule has 0 aromatic heterocycles. The SMILES string of the molecule is CC1(C)CC(=O)N(CCC#N)C(=O)C1. The predicted octanol–water partition coefficient (Wildman–Crippen LogP) is 1.08. The fourth-order valence-electron chi connectivity index (χ4n) is 1.62. The molecule has 1 aliphatic rings. The fraction of sp³-hybridized carbons (Fsp3) is 0.700. The number of rotatable bonds is 2. The van der Waals surface area contributed by atoms with Gasteiger partial charge in [-0.3, -0.25) is 14.5 Å². The van der Waals surface area contributed by atoms with Crippen LogP contribution in [0.5, 0.6) is 0 Å². The molecule has 0 aliphatic carbocycles. The molecule has 0 saturated carbocycles. The van der Waals surface area contributed by atoms with E-state index in [-0.39, 0.29) is 30.2 Å². The molecule has 0 N–H and O–H groups in total. The van der Waals surface area contributed by atoms with Gasteiger partial charge in [0.2, 0.25) is 11.8 Å². The summed E-state index contributed by atoms with van der Waals surface area (Å²) in [5, 5.41) is 8.37. The van der Waals surface area contributed by atoms with Crippen LogP contribution in [0.1, 0.15) is 33.1 Å². The van der Waals surface area contributed by atoms with Gasteiger partial charge in [0.1, 0.15) is 0 Å². The number of hydrogen-bond acceptors (Lipinski definition) is 3. The van der Waals surface area contributed by atoms with Crippen LogP contribution >= 0.6 is 0 Å². The Hall–Kier alpha value is -1.37. The number of nitriles is 1. The Morgan fingerprint density at radius 3 is 2.29 bits per heavy atom. The molecule has 0 aromatic carbocycles. The molecule has 4 heteroatoms. The maximum atomic E-state index is 11.5. The first-order valence-electron chi connectivity index (χ1n) is 4.66. The van der Waals surface area contributed by atoms with Gasteiger partial charge in [0.25, 0.3) is 0 Å². The minimum atomic E-state index is -0.225. The molecule has 4 nitrogen and oxygen atoms in total. The van der Waals surface area contributed by atoms with Crippen molar-refractivity contribution in [2.45, 2.75) is 33.1 Å². The van der Waals surface area contributed by atoms with Crippen molar-refractivity contribution in [3.8, 4) is 6.07 Å². The van der Waals surface area contributed by atoms with Gasteiger partial charge in [0.05, 0.1) is 12.5 Å². The second-order valence-corrected chi connectivity index (χ2v) is 4.36. The third kappa shape index (κ3) is 2.32. The molecule has 0 atom stereocenters. The summed E-state index contributed by atoms with van der Waals surface area (Å²) in [4.78, 5) is 24.2. The quantitative estimate of drug-likeness (QED) is 0.618. The van der Waals surface area contributed by atoms with E-state index in [1.165, 1.54) is 4.90 Å². The van der Waals surface area contributed by atoms with Gasteiger partial charge >= 0.3 is 0 Å². The molecule has 1 aliphatic heterocycles. The molecule has 14 heavy (non-hydrogen) atoms. The third-order valence-corrected chi connectivity index (χ3v) is 2.31. The normalized spacial score (nSPS) is 20.8. The molecule has 1 heterocycles. The topological polar surface area (TPSA) is 61.2 Å². The maximum absolute atomic E-state index is 11.5. The van der Waals surface area contributed by atoms with E-state index >= 15 is 0 Å². The Labute approximate surface area is 83.5 Å². The average Bonchev–Trinajstić information content (AvgIpc) is 2.00. The van der Waals surface area contributed by atoms with E-state index in [4.69, 9.17) is 5.26 Å². The standard InChI is InChI=1S/C10H14N2O2/c1-10(2)6-8(13)12(5-3-4-11)9(14)7-10/h3,5-7H2,1-2H3. The largest absolute Gasteiger partial charge is 0.282 e. The smallest absolute Gasteiger partial charge is 0.229 e. The highest BCUT2D eigenvalue weighted by Crippen LogP contribution is 2.31. The molecule has 0 aromatic rings. The monoisotopic (exact) mass is 194 g/mol. The van der Waals surface area contributed by atoms with Crippen LogP contribution in [0.25, 0.3) is 0 Å². The van der Waals surface area contributed by atoms with Crippen molar-refractivity contribution in [3.63, 3.8) is 0 Å². The van der Waals surface area contributed by atoms with E-state index in [2.05, 4.69) is 0 Å². The number of nitrogens with zero attached hydrogens (tertiary/aromatic N) is 2. The van der Waals surface area contributed by atoms with Crippen LogP contribution in [0, 0.1) is 16.7 Å². The first-order valence-corrected chi connectivity index (χ1v) is 4.66. The Bertz CT molecular complexity index is 282. The van der Waals surface area contributed by atoms with Crippen LogP contribution in [0.4, 0.5) is 0 Å². The first-order chi connectivity index (χ1) is 6.46. The Kier molecular flexibility index (Phi) is 2.90. The van der Waals surface area contributed by atoms with Gasteiger partial charge < -0.3 is 0 Å². The Balaban J connectivity index is 2.67. The molecule has 76 valence electrons. The van der Waals surface area contributed by atoms with Crippen LogP contribution in [-0.2, 0) is 9.59 Å². The summed E-state index contributed by atoms with van der Waals surface area (Å²) in [6, 6.07) is 1.93. The molecular formula is C10H14N2O2. The Morgan fingerprint density at radius 1 is 1.36 bits per heavy atom. The highest BCUT2D eigenvalue weighted by atomic mass is 16.2. The van der Waals surface area contributed by atoms with Crippen LogP contribution in [-0.4, -0.2) is 23.3 Å². The van der Waals surface area contributed by atoms with E-state index in [1.54, 1.807) is 0 Å². The molecule has 0 unspecified atom stereocenters. The lowest BCUT2D eigenvalue weighted by Gasteiger charge is -2.34. The van der Waals surface area contributed by atoms with Crippen molar-refractivity contribution < 1.29 is 9.59 Å². The minimum Gasteiger partial charge on any atom is -0.282 e. The van der Waals surface area contributed by atoms with E-state index in [0.29, 0.717) is 12.8 Å². The van der Waals surface area contributed by atoms with Crippen molar-refractivity contribution in [2.75, 3.05) is 6.54 Å². The molecule has 0 spiro atoms. The molecule has 1 rings (SSSR count). The number of hydrogen-bond donors (Lipinski definition) is 0. The number of carbonyl (C=O) groups is 2. The highest BCUT2D eigenvalue weighted by Gasteiger charge is 2.36. The molecule has 1 fully saturated rings. The van der Waals surface area contributed by atoms with Gasteiger partial charge in [-0.05, 0) is 5.41 Å². The van der Waals surface area contributed by atoms with Crippen molar-refractivity contribution in [1.29, 1.82) is 5.26 Å². The lowest BCUT2D eigenvalue weighted by Crippen LogP contribution is -2.46. The van der Waals surface area contributed by atoms with Crippen molar-refractivity contribution in [1.82, 2.24) is 4.90 Å². The Morgan fingerprint density at radius 2 is 1.86 bits per heavy atom. The van der Waals surface area contributed by atoms with E-state index in [0.717, 1.165) is 0 Å². The number of amides is 2. The number of likely N-dealkylation sites (tertiary alicyclic amines) is 1.